The number of nitrogens with zero attached hydrogens (tertiary/aromatic N) is 4. The van der Waals surface area contributed by atoms with Gasteiger partial charge in [0.25, 0.3) is 5.91 Å². The van der Waals surface area contributed by atoms with E-state index >= 15 is 0 Å². The molecule has 1 amide bonds. The van der Waals surface area contributed by atoms with Crippen molar-refractivity contribution in [1.29, 1.82) is 0 Å². The number of quaternary nitrogens is 1. The molecule has 5 N–H and O–H groups in total. The molecule has 4 aliphatic rings. The minimum Gasteiger partial charge on any atom is -0.494 e. The number of piperazine rings is 1. The van der Waals surface area contributed by atoms with Crippen molar-refractivity contribution in [3.8, 4) is 5.75 Å². The van der Waals surface area contributed by atoms with Crippen LogP contribution in [0.15, 0.2) is 47.6 Å². The number of hydrazine groups is 1. The highest BCUT2D eigenvalue weighted by Gasteiger charge is 2.45. The van der Waals surface area contributed by atoms with Crippen molar-refractivity contribution >= 4 is 23.1 Å². The minimum atomic E-state index is -0.705. The lowest BCUT2D eigenvalue weighted by molar-refractivity contribution is -0.715. The van der Waals surface area contributed by atoms with Crippen LogP contribution in [0.4, 0.5) is 11.4 Å². The number of fused-ring (bicyclic) bond motifs is 1. The second-order valence-corrected chi connectivity index (χ2v) is 8.40. The Balaban J connectivity index is 1.46. The van der Waals surface area contributed by atoms with Crippen LogP contribution in [0, 0.1) is 0 Å². The Morgan fingerprint density at radius 2 is 2.00 bits per heavy atom. The standard InChI is InChI=1S/C22H30N8O2/c1-32-18-14-16(27-11-6-24-7-12-27)4-5-17(18)26-30-15-19(28-9-2-3-10-28)29-13-8-25-22(29)20(30)21(23)31/h4-5,8,13-15,20,24,26H,2-3,6-7,9-12H2,1H3,(H2,23,31)/p+1. The number of hydrogen-bond donors (Lipinski definition) is 4. The zero-order chi connectivity index (χ0) is 22.1. The maximum atomic E-state index is 12.5. The number of hydrogen-bond acceptors (Lipinski definition) is 8. The molecule has 4 aliphatic heterocycles. The van der Waals surface area contributed by atoms with Crippen molar-refractivity contribution in [3.63, 3.8) is 0 Å². The zero-order valence-corrected chi connectivity index (χ0v) is 18.4. The lowest BCUT2D eigenvalue weighted by Gasteiger charge is -2.37. The van der Waals surface area contributed by atoms with Crippen LogP contribution in [0.3, 0.4) is 0 Å². The summed E-state index contributed by atoms with van der Waals surface area (Å²) in [5.41, 5.74) is 11.1. The highest BCUT2D eigenvalue weighted by atomic mass is 16.5. The summed E-state index contributed by atoms with van der Waals surface area (Å²) in [5, 5.41) is 5.15. The number of ether oxygens (including phenoxy) is 1. The lowest BCUT2D eigenvalue weighted by atomic mass is 10.2. The van der Waals surface area contributed by atoms with Crippen LogP contribution in [-0.2, 0) is 4.79 Å². The molecule has 0 radical (unpaired) electrons. The van der Waals surface area contributed by atoms with E-state index in [9.17, 15) is 4.79 Å². The van der Waals surface area contributed by atoms with Crippen molar-refractivity contribution < 1.29 is 14.4 Å². The van der Waals surface area contributed by atoms with Crippen molar-refractivity contribution in [1.82, 2.24) is 15.2 Å². The molecule has 1 aromatic carbocycles. The smallest absolute Gasteiger partial charge is 0.254 e. The summed E-state index contributed by atoms with van der Waals surface area (Å²) in [6.07, 6.45) is 8.02. The van der Waals surface area contributed by atoms with Gasteiger partial charge in [-0.05, 0) is 25.0 Å². The Kier molecular flexibility index (Phi) is 5.62. The number of methoxy groups -OCH3 is 1. The molecule has 5 rings (SSSR count). The second-order valence-electron chi connectivity index (χ2n) is 8.40. The number of carbonyl (C=O) groups is 1. The average molecular weight is 440 g/mol. The van der Waals surface area contributed by atoms with Crippen LogP contribution in [0.2, 0.25) is 0 Å². The van der Waals surface area contributed by atoms with Gasteiger partial charge in [0.15, 0.2) is 0 Å². The molecular weight excluding hydrogens is 408 g/mol. The molecular formula is C22H31N8O2+. The summed E-state index contributed by atoms with van der Waals surface area (Å²) in [6, 6.07) is 5.40. The number of carbonyl (C=O) groups excluding carboxylic acids is 1. The second kappa shape index (κ2) is 8.71. The van der Waals surface area contributed by atoms with E-state index in [1.165, 1.54) is 0 Å². The van der Waals surface area contributed by atoms with Crippen molar-refractivity contribution in [2.45, 2.75) is 18.9 Å². The van der Waals surface area contributed by atoms with Crippen LogP contribution in [0.1, 0.15) is 12.8 Å². The normalized spacial score (nSPS) is 24.8. The summed E-state index contributed by atoms with van der Waals surface area (Å²) in [7, 11) is 1.66. The Hall–Kier alpha value is -3.24. The van der Waals surface area contributed by atoms with Crippen LogP contribution in [-0.4, -0.2) is 74.1 Å². The van der Waals surface area contributed by atoms with E-state index in [0.717, 1.165) is 74.2 Å². The number of amides is 1. The molecule has 0 saturated carbocycles. The van der Waals surface area contributed by atoms with Crippen LogP contribution >= 0.6 is 0 Å². The van der Waals surface area contributed by atoms with E-state index in [0.29, 0.717) is 11.6 Å². The van der Waals surface area contributed by atoms with Crippen LogP contribution in [0.25, 0.3) is 0 Å². The third kappa shape index (κ3) is 3.76. The summed E-state index contributed by atoms with van der Waals surface area (Å²) in [4.78, 5) is 22.6. The van der Waals surface area contributed by atoms with Gasteiger partial charge in [-0.1, -0.05) is 0 Å². The molecule has 0 spiro atoms. The van der Waals surface area contributed by atoms with Crippen LogP contribution in [0.5, 0.6) is 5.75 Å². The first-order valence-electron chi connectivity index (χ1n) is 11.2. The van der Waals surface area contributed by atoms with Crippen molar-refractivity contribution in [2.24, 2.45) is 10.7 Å². The van der Waals surface area contributed by atoms with Gasteiger partial charge in [0.1, 0.15) is 18.1 Å². The molecule has 1 aromatic rings. The Morgan fingerprint density at radius 1 is 1.22 bits per heavy atom. The largest absolute Gasteiger partial charge is 0.494 e. The summed E-state index contributed by atoms with van der Waals surface area (Å²) in [5.74, 6) is 2.01. The number of rotatable bonds is 6. The fraction of sp³-hybridized carbons (Fsp3) is 0.455. The highest BCUT2D eigenvalue weighted by Crippen LogP contribution is 2.31. The Bertz CT molecular complexity index is 963. The number of aliphatic imine (C=N–C) groups is 1. The fourth-order valence-corrected chi connectivity index (χ4v) is 4.80. The van der Waals surface area contributed by atoms with E-state index in [1.54, 1.807) is 18.3 Å². The van der Waals surface area contributed by atoms with E-state index in [2.05, 4.69) is 31.6 Å². The van der Waals surface area contributed by atoms with Crippen molar-refractivity contribution in [2.75, 3.05) is 56.7 Å². The predicted octanol–water partition coefficient (Wildman–Crippen LogP) is -0.736. The first kappa shape index (κ1) is 20.7. The van der Waals surface area contributed by atoms with Gasteiger partial charge >= 0.3 is 0 Å². The van der Waals surface area contributed by atoms with Gasteiger partial charge in [0.05, 0.1) is 19.0 Å². The maximum Gasteiger partial charge on any atom is 0.254 e. The van der Waals surface area contributed by atoms with E-state index in [-0.39, 0.29) is 0 Å². The molecule has 4 heterocycles. The van der Waals surface area contributed by atoms with Gasteiger partial charge in [-0.15, -0.1) is 0 Å². The number of nitrogens with two attached hydrogens (primary N) is 1. The predicted molar refractivity (Wildman–Crippen MR) is 123 cm³/mol. The van der Waals surface area contributed by atoms with E-state index in [4.69, 9.17) is 10.5 Å². The van der Waals surface area contributed by atoms with Crippen molar-refractivity contribution in [3.05, 3.63) is 42.6 Å². The van der Waals surface area contributed by atoms with Gasteiger partial charge < -0.3 is 25.6 Å². The monoisotopic (exact) mass is 439 g/mol. The average Bonchev–Trinajstić information content (AvgIpc) is 3.51. The minimum absolute atomic E-state index is 0.453. The van der Waals surface area contributed by atoms with Gasteiger partial charge in [-0.25, -0.2) is 9.89 Å². The molecule has 0 aromatic heterocycles. The molecule has 2 atom stereocenters. The number of anilines is 2. The third-order valence-corrected chi connectivity index (χ3v) is 6.44. The quantitative estimate of drug-likeness (QED) is 0.463. The molecule has 0 aliphatic carbocycles. The molecule has 2 unspecified atom stereocenters. The Morgan fingerprint density at radius 3 is 2.72 bits per heavy atom. The highest BCUT2D eigenvalue weighted by molar-refractivity contribution is 6.04. The van der Waals surface area contributed by atoms with Gasteiger partial charge in [0.2, 0.25) is 17.7 Å². The maximum absolute atomic E-state index is 12.5. The molecule has 10 heteroatoms. The SMILES string of the molecule is COc1cc(N2CCNCC2)ccc1NN1C=C(N2CCCC2)[NH+]2C=CN=C2C1C(N)=O. The summed E-state index contributed by atoms with van der Waals surface area (Å²) in [6.45, 7) is 5.84. The number of primary amides is 1. The van der Waals surface area contributed by atoms with Gasteiger partial charge in [-0.2, -0.15) is 0 Å². The molecule has 32 heavy (non-hydrogen) atoms. The molecule has 2 saturated heterocycles. The molecule has 0 bridgehead atoms. The first-order valence-corrected chi connectivity index (χ1v) is 11.2. The fourth-order valence-electron chi connectivity index (χ4n) is 4.80. The van der Waals surface area contributed by atoms with Gasteiger partial charge in [0, 0.05) is 51.0 Å². The topological polar surface area (TPSA) is 103 Å². The molecule has 10 nitrogen and oxygen atoms in total. The Labute approximate surface area is 187 Å². The number of amidine groups is 1. The van der Waals surface area contributed by atoms with E-state index < -0.39 is 11.9 Å². The lowest BCUT2D eigenvalue weighted by Crippen LogP contribution is -3.12. The molecule has 170 valence electrons. The van der Waals surface area contributed by atoms with E-state index in [1.807, 2.05) is 24.5 Å². The molecule has 2 fully saturated rings. The summed E-state index contributed by atoms with van der Waals surface area (Å²) >= 11 is 0. The number of likely N-dealkylation sites (tertiary alicyclic amines) is 1. The zero-order valence-electron chi connectivity index (χ0n) is 18.4. The first-order chi connectivity index (χ1) is 15.7. The van der Waals surface area contributed by atoms with Crippen LogP contribution < -0.4 is 31.0 Å². The number of benzene rings is 1. The van der Waals surface area contributed by atoms with Gasteiger partial charge in [-0.3, -0.25) is 15.2 Å². The number of nitrogens with one attached hydrogen (secondary N) is 3. The summed E-state index contributed by atoms with van der Waals surface area (Å²) < 4.78 is 5.70. The third-order valence-electron chi connectivity index (χ3n) is 6.44.